The van der Waals surface area contributed by atoms with Crippen molar-refractivity contribution in [1.82, 2.24) is 30.9 Å². The molecule has 1 aromatic carbocycles. The van der Waals surface area contributed by atoms with Crippen molar-refractivity contribution in [3.8, 4) is 0 Å². The maximum atomic E-state index is 14.7. The van der Waals surface area contributed by atoms with Gasteiger partial charge in [-0.15, -0.1) is 0 Å². The predicted molar refractivity (Wildman–Crippen MR) is 145 cm³/mol. The summed E-state index contributed by atoms with van der Waals surface area (Å²) in [7, 11) is 1.70. The zero-order chi connectivity index (χ0) is 26.8. The number of hydrazine groups is 1. The van der Waals surface area contributed by atoms with Crippen LogP contribution < -0.4 is 21.5 Å². The van der Waals surface area contributed by atoms with E-state index in [1.807, 2.05) is 12.1 Å². The summed E-state index contributed by atoms with van der Waals surface area (Å²) in [4.78, 5) is 34.7. The molecule has 4 N–H and O–H groups in total. The lowest BCUT2D eigenvalue weighted by molar-refractivity contribution is -0.128. The highest BCUT2D eigenvalue weighted by molar-refractivity contribution is 7.80. The molecule has 1 aliphatic heterocycles. The predicted octanol–water partition coefficient (Wildman–Crippen LogP) is 2.91. The van der Waals surface area contributed by atoms with Gasteiger partial charge >= 0.3 is 0 Å². The van der Waals surface area contributed by atoms with Gasteiger partial charge in [0, 0.05) is 37.7 Å². The number of thiocarbonyl (C=S) groups is 1. The molecule has 3 heterocycles. The number of likely N-dealkylation sites (tertiary alicyclic amines) is 1. The Morgan fingerprint density at radius 2 is 2.03 bits per heavy atom. The van der Waals surface area contributed by atoms with Gasteiger partial charge in [0.25, 0.3) is 5.91 Å². The van der Waals surface area contributed by atoms with Crippen LogP contribution in [0.15, 0.2) is 48.9 Å². The van der Waals surface area contributed by atoms with Crippen LogP contribution in [0, 0.1) is 5.82 Å². The van der Waals surface area contributed by atoms with Gasteiger partial charge in [-0.1, -0.05) is 23.7 Å². The molecule has 0 radical (unpaired) electrons. The smallest absolute Gasteiger partial charge is 0.253 e. The van der Waals surface area contributed by atoms with Crippen molar-refractivity contribution in [2.24, 2.45) is 0 Å². The van der Waals surface area contributed by atoms with Crippen LogP contribution in [0.5, 0.6) is 0 Å². The number of carbonyl (C=O) groups is 2. The number of nitrogens with zero attached hydrogens (tertiary/aromatic N) is 3. The summed E-state index contributed by atoms with van der Waals surface area (Å²) in [5.41, 5.74) is 9.35. The van der Waals surface area contributed by atoms with Crippen molar-refractivity contribution < 1.29 is 14.0 Å². The molecule has 9 nitrogen and oxygen atoms in total. The quantitative estimate of drug-likeness (QED) is 0.282. The lowest BCUT2D eigenvalue weighted by Crippen LogP contribution is -2.41. The monoisotopic (exact) mass is 553 g/mol. The Morgan fingerprint density at radius 1 is 1.18 bits per heavy atom. The normalized spacial score (nSPS) is 18.2. The molecule has 0 bridgehead atoms. The average Bonchev–Trinajstić information content (AvgIpc) is 3.13. The summed E-state index contributed by atoms with van der Waals surface area (Å²) in [5.74, 6) is -0.565. The second-order valence-corrected chi connectivity index (χ2v) is 9.98. The lowest BCUT2D eigenvalue weighted by Gasteiger charge is -2.23. The third kappa shape index (κ3) is 5.25. The second kappa shape index (κ2) is 10.9. The van der Waals surface area contributed by atoms with Crippen molar-refractivity contribution in [2.45, 2.75) is 31.3 Å². The van der Waals surface area contributed by atoms with E-state index < -0.39 is 18.0 Å². The first-order valence-corrected chi connectivity index (χ1v) is 12.8. The van der Waals surface area contributed by atoms with Gasteiger partial charge in [0.15, 0.2) is 10.9 Å². The third-order valence-corrected chi connectivity index (χ3v) is 7.28. The number of rotatable bonds is 5. The molecule has 196 valence electrons. The molecule has 2 aliphatic rings. The number of nitrogens with one attached hydrogen (secondary N) is 4. The van der Waals surface area contributed by atoms with Crippen LogP contribution in [0.2, 0.25) is 5.02 Å². The minimum atomic E-state index is -0.558. The van der Waals surface area contributed by atoms with E-state index in [0.29, 0.717) is 31.4 Å². The standard InChI is InChI=1S/C26H25ClFN7O2S/c1-35-10-8-21(25(35)37)31-24(36)15-11-19(27)23(30-12-15)33-34-26(38)32-22-17-3-2-4-20(28)16(17)6-5-14-7-9-29-13-18(14)22/h2-4,7,9,11-13,21-22H,5-6,8,10H2,1H3,(H,30,33)(H,31,36)(H2,32,34,38)/t21-,22?/m1/s1. The Hall–Kier alpha value is -3.83. The fraction of sp³-hybridized carbons (Fsp3) is 0.269. The van der Waals surface area contributed by atoms with Crippen molar-refractivity contribution >= 4 is 46.6 Å². The molecule has 1 unspecified atom stereocenters. The van der Waals surface area contributed by atoms with Gasteiger partial charge in [-0.3, -0.25) is 25.4 Å². The maximum absolute atomic E-state index is 14.7. The Bertz CT molecular complexity index is 1420. The number of fused-ring (bicyclic) bond motifs is 2. The molecule has 1 aliphatic carbocycles. The number of aryl methyl sites for hydroxylation is 1. The van der Waals surface area contributed by atoms with Crippen LogP contribution in [0.4, 0.5) is 10.2 Å². The van der Waals surface area contributed by atoms with Crippen LogP contribution in [-0.4, -0.2) is 51.4 Å². The number of hydrogen-bond donors (Lipinski definition) is 4. The van der Waals surface area contributed by atoms with Crippen LogP contribution in [0.3, 0.4) is 0 Å². The summed E-state index contributed by atoms with van der Waals surface area (Å²) >= 11 is 11.9. The Kier molecular flexibility index (Phi) is 7.39. The fourth-order valence-corrected chi connectivity index (χ4v) is 5.13. The third-order valence-electron chi connectivity index (χ3n) is 6.77. The van der Waals surface area contributed by atoms with Crippen molar-refractivity contribution in [2.75, 3.05) is 19.0 Å². The summed E-state index contributed by atoms with van der Waals surface area (Å²) < 4.78 is 14.7. The van der Waals surface area contributed by atoms with Crippen molar-refractivity contribution in [3.05, 3.63) is 87.6 Å². The van der Waals surface area contributed by atoms with Crippen LogP contribution >= 0.6 is 23.8 Å². The molecular formula is C26H25ClFN7O2S. The molecule has 5 rings (SSSR count). The van der Waals surface area contributed by atoms with E-state index in [-0.39, 0.29) is 33.2 Å². The first-order chi connectivity index (χ1) is 18.3. The van der Waals surface area contributed by atoms with E-state index >= 15 is 0 Å². The van der Waals surface area contributed by atoms with Gasteiger partial charge in [0.2, 0.25) is 5.91 Å². The van der Waals surface area contributed by atoms with Crippen molar-refractivity contribution in [1.29, 1.82) is 0 Å². The summed E-state index contributed by atoms with van der Waals surface area (Å²) in [6.07, 6.45) is 6.66. The van der Waals surface area contributed by atoms with Gasteiger partial charge in [0.1, 0.15) is 11.9 Å². The van der Waals surface area contributed by atoms with Crippen LogP contribution in [0.25, 0.3) is 0 Å². The van der Waals surface area contributed by atoms with Crippen molar-refractivity contribution in [3.63, 3.8) is 0 Å². The van der Waals surface area contributed by atoms with E-state index in [9.17, 15) is 14.0 Å². The molecule has 2 atom stereocenters. The van der Waals surface area contributed by atoms with E-state index in [2.05, 4.69) is 31.5 Å². The number of anilines is 1. The number of amides is 2. The molecule has 0 spiro atoms. The highest BCUT2D eigenvalue weighted by Crippen LogP contribution is 2.33. The summed E-state index contributed by atoms with van der Waals surface area (Å²) in [5, 5.41) is 6.37. The highest BCUT2D eigenvalue weighted by atomic mass is 35.5. The molecular weight excluding hydrogens is 529 g/mol. The van der Waals surface area contributed by atoms with Gasteiger partial charge < -0.3 is 15.5 Å². The Labute approximate surface area is 229 Å². The molecule has 1 saturated heterocycles. The zero-order valence-electron chi connectivity index (χ0n) is 20.4. The Balaban J connectivity index is 1.26. The summed E-state index contributed by atoms with van der Waals surface area (Å²) in [6, 6.07) is 7.45. The SMILES string of the molecule is CN1CC[C@@H](NC(=O)c2cnc(NNC(=S)NC3c4cnccc4CCc4c(F)cccc43)c(Cl)c2)C1=O. The number of hydrogen-bond acceptors (Lipinski definition) is 6. The van der Waals surface area contributed by atoms with E-state index in [1.54, 1.807) is 30.4 Å². The van der Waals surface area contributed by atoms with Gasteiger partial charge in [-0.05, 0) is 66.4 Å². The Morgan fingerprint density at radius 3 is 2.79 bits per heavy atom. The minimum absolute atomic E-state index is 0.127. The lowest BCUT2D eigenvalue weighted by atomic mass is 9.96. The van der Waals surface area contributed by atoms with Gasteiger partial charge in [-0.25, -0.2) is 9.37 Å². The van der Waals surface area contributed by atoms with Gasteiger partial charge in [-0.2, -0.15) is 0 Å². The molecule has 0 saturated carbocycles. The largest absolute Gasteiger partial charge is 0.350 e. The van der Waals surface area contributed by atoms with E-state index in [0.717, 1.165) is 16.7 Å². The van der Waals surface area contributed by atoms with Crippen LogP contribution in [-0.2, 0) is 17.6 Å². The van der Waals surface area contributed by atoms with E-state index in [4.69, 9.17) is 23.8 Å². The molecule has 38 heavy (non-hydrogen) atoms. The molecule has 3 aromatic rings. The molecule has 2 aromatic heterocycles. The second-order valence-electron chi connectivity index (χ2n) is 9.17. The average molecular weight is 554 g/mol. The minimum Gasteiger partial charge on any atom is -0.350 e. The fourth-order valence-electron chi connectivity index (χ4n) is 4.75. The summed E-state index contributed by atoms with van der Waals surface area (Å²) in [6.45, 7) is 0.592. The molecule has 2 amide bonds. The number of pyridine rings is 2. The molecule has 12 heteroatoms. The number of aromatic nitrogens is 2. The zero-order valence-corrected chi connectivity index (χ0v) is 22.0. The number of halogens is 2. The van der Waals surface area contributed by atoms with E-state index in [1.165, 1.54) is 18.3 Å². The van der Waals surface area contributed by atoms with Gasteiger partial charge in [0.05, 0.1) is 16.6 Å². The molecule has 1 fully saturated rings. The van der Waals surface area contributed by atoms with Crippen LogP contribution in [0.1, 0.15) is 45.1 Å². The number of benzene rings is 1. The number of likely N-dealkylation sites (N-methyl/N-ethyl adjacent to an activating group) is 1. The highest BCUT2D eigenvalue weighted by Gasteiger charge is 2.31. The first-order valence-electron chi connectivity index (χ1n) is 12.1. The number of carbonyl (C=O) groups excluding carboxylic acids is 2. The first kappa shape index (κ1) is 25.8. The maximum Gasteiger partial charge on any atom is 0.253 e. The topological polar surface area (TPSA) is 111 Å².